The van der Waals surface area contributed by atoms with E-state index in [4.69, 9.17) is 28.5 Å². The molecule has 262 valence electrons. The van der Waals surface area contributed by atoms with E-state index in [2.05, 4.69) is 10.6 Å². The third-order valence-corrected chi connectivity index (χ3v) is 7.59. The highest BCUT2D eigenvalue weighted by Crippen LogP contribution is 2.36. The number of ether oxygens (including phenoxy) is 5. The number of nitrogens with one attached hydrogen (secondary N) is 2. The summed E-state index contributed by atoms with van der Waals surface area (Å²) in [5, 5.41) is 17.9. The number of aliphatic hydroxyl groups excluding tert-OH is 1. The standard InChI is InChI=1S/C34H51N3O10/c1-20(2)14-24(31(39)36-30(32(40)35-6)34(3,4)5)29(38)33(41)37(47-19-21-12-13-22(42-7)15-26(21)44-9)18-25-27(45-10)16-23(43-8)17-28(25)46-11/h12-13,15-17,20,24,29-30,38H,14,18-19H2,1-11H3,(H,35,40)(H,36,39). The van der Waals surface area contributed by atoms with Gasteiger partial charge in [-0.25, -0.2) is 5.06 Å². The van der Waals surface area contributed by atoms with Crippen LogP contribution in [-0.4, -0.2) is 82.6 Å². The van der Waals surface area contributed by atoms with Gasteiger partial charge in [0.05, 0.1) is 53.6 Å². The van der Waals surface area contributed by atoms with Gasteiger partial charge in [-0.15, -0.1) is 0 Å². The van der Waals surface area contributed by atoms with Crippen LogP contribution < -0.4 is 34.3 Å². The summed E-state index contributed by atoms with van der Waals surface area (Å²) >= 11 is 0. The predicted octanol–water partition coefficient (Wildman–Crippen LogP) is 3.49. The zero-order chi connectivity index (χ0) is 35.5. The van der Waals surface area contributed by atoms with Crippen molar-refractivity contribution in [2.45, 2.75) is 66.3 Å². The van der Waals surface area contributed by atoms with E-state index in [1.807, 2.05) is 34.6 Å². The molecule has 0 radical (unpaired) electrons. The lowest BCUT2D eigenvalue weighted by atomic mass is 9.84. The van der Waals surface area contributed by atoms with Crippen LogP contribution in [0.3, 0.4) is 0 Å². The molecule has 0 saturated carbocycles. The van der Waals surface area contributed by atoms with Gasteiger partial charge in [-0.2, -0.15) is 0 Å². The Hall–Kier alpha value is -4.23. The molecule has 0 heterocycles. The molecule has 2 aromatic rings. The van der Waals surface area contributed by atoms with Gasteiger partial charge in [-0.1, -0.05) is 34.6 Å². The second-order valence-electron chi connectivity index (χ2n) is 12.4. The number of hydrogen-bond acceptors (Lipinski definition) is 10. The molecule has 3 unspecified atom stereocenters. The molecule has 13 heteroatoms. The molecule has 3 N–H and O–H groups in total. The summed E-state index contributed by atoms with van der Waals surface area (Å²) in [5.41, 5.74) is 0.362. The van der Waals surface area contributed by atoms with Gasteiger partial charge in [0.25, 0.3) is 5.91 Å². The van der Waals surface area contributed by atoms with Gasteiger partial charge in [0.2, 0.25) is 11.8 Å². The Balaban J connectivity index is 2.58. The molecule has 0 aliphatic heterocycles. The van der Waals surface area contributed by atoms with Gasteiger partial charge >= 0.3 is 0 Å². The second-order valence-corrected chi connectivity index (χ2v) is 12.4. The molecule has 47 heavy (non-hydrogen) atoms. The lowest BCUT2D eigenvalue weighted by Gasteiger charge is -2.33. The zero-order valence-corrected chi connectivity index (χ0v) is 29.4. The van der Waals surface area contributed by atoms with Crippen molar-refractivity contribution in [1.29, 1.82) is 0 Å². The molecule has 0 aromatic heterocycles. The van der Waals surface area contributed by atoms with Crippen molar-refractivity contribution in [2.75, 3.05) is 42.6 Å². The highest BCUT2D eigenvalue weighted by atomic mass is 16.7. The summed E-state index contributed by atoms with van der Waals surface area (Å²) < 4.78 is 27.3. The number of benzene rings is 2. The Bertz CT molecular complexity index is 1330. The molecular formula is C34H51N3O10. The maximum atomic E-state index is 14.2. The van der Waals surface area contributed by atoms with Gasteiger partial charge in [-0.3, -0.25) is 19.2 Å². The molecule has 0 fully saturated rings. The number of aliphatic hydroxyl groups is 1. The first kappa shape index (κ1) is 39.0. The summed E-state index contributed by atoms with van der Waals surface area (Å²) in [6.45, 7) is 8.80. The van der Waals surface area contributed by atoms with Crippen molar-refractivity contribution in [2.24, 2.45) is 17.3 Å². The van der Waals surface area contributed by atoms with Gasteiger partial charge in [0.1, 0.15) is 47.5 Å². The smallest absolute Gasteiger partial charge is 0.276 e. The first-order chi connectivity index (χ1) is 22.1. The zero-order valence-electron chi connectivity index (χ0n) is 29.4. The SMILES string of the molecule is CNC(=O)C(NC(=O)C(CC(C)C)C(O)C(=O)N(Cc1c(OC)cc(OC)cc1OC)OCc1ccc(OC)cc1OC)C(C)(C)C. The molecule has 3 amide bonds. The van der Waals surface area contributed by atoms with Crippen molar-refractivity contribution < 1.29 is 48.0 Å². The van der Waals surface area contributed by atoms with Crippen LogP contribution in [-0.2, 0) is 32.4 Å². The number of nitrogens with zero attached hydrogens (tertiary/aromatic N) is 1. The number of rotatable bonds is 17. The normalized spacial score (nSPS) is 13.2. The van der Waals surface area contributed by atoms with E-state index in [-0.39, 0.29) is 25.5 Å². The van der Waals surface area contributed by atoms with Crippen LogP contribution in [0.1, 0.15) is 52.2 Å². The van der Waals surface area contributed by atoms with Crippen LogP contribution in [0.4, 0.5) is 0 Å². The van der Waals surface area contributed by atoms with E-state index in [0.29, 0.717) is 39.9 Å². The minimum Gasteiger partial charge on any atom is -0.497 e. The number of carbonyl (C=O) groups is 3. The first-order valence-electron chi connectivity index (χ1n) is 15.3. The minimum atomic E-state index is -1.84. The van der Waals surface area contributed by atoms with E-state index < -0.39 is 41.2 Å². The molecule has 0 aliphatic rings. The van der Waals surface area contributed by atoms with Gasteiger partial charge < -0.3 is 39.4 Å². The van der Waals surface area contributed by atoms with E-state index in [9.17, 15) is 19.5 Å². The van der Waals surface area contributed by atoms with Crippen molar-refractivity contribution in [3.05, 3.63) is 41.5 Å². The third kappa shape index (κ3) is 10.4. The van der Waals surface area contributed by atoms with Crippen molar-refractivity contribution in [1.82, 2.24) is 15.7 Å². The van der Waals surface area contributed by atoms with Crippen LogP contribution >= 0.6 is 0 Å². The van der Waals surface area contributed by atoms with E-state index in [0.717, 1.165) is 5.06 Å². The minimum absolute atomic E-state index is 0.0824. The average Bonchev–Trinajstić information content (AvgIpc) is 3.05. The highest BCUT2D eigenvalue weighted by molar-refractivity contribution is 5.92. The molecule has 2 rings (SSSR count). The molecule has 13 nitrogen and oxygen atoms in total. The summed E-state index contributed by atoms with van der Waals surface area (Å²) in [5.74, 6) is -1.05. The summed E-state index contributed by atoms with van der Waals surface area (Å²) in [7, 11) is 8.93. The van der Waals surface area contributed by atoms with Crippen LogP contribution in [0.5, 0.6) is 28.7 Å². The van der Waals surface area contributed by atoms with E-state index in [1.54, 1.807) is 30.3 Å². The lowest BCUT2D eigenvalue weighted by molar-refractivity contribution is -0.206. The number of hydrogen-bond donors (Lipinski definition) is 3. The largest absolute Gasteiger partial charge is 0.497 e. The van der Waals surface area contributed by atoms with Crippen LogP contribution in [0.2, 0.25) is 0 Å². The van der Waals surface area contributed by atoms with Gasteiger partial charge in [-0.05, 0) is 29.9 Å². The summed E-state index contributed by atoms with van der Waals surface area (Å²) in [6, 6.07) is 7.47. The molecule has 3 atom stereocenters. The number of carbonyl (C=O) groups excluding carboxylic acids is 3. The molecule has 0 bridgehead atoms. The Kier molecular flexibility index (Phi) is 14.6. The molecule has 0 spiro atoms. The molecule has 0 aliphatic carbocycles. The number of likely N-dealkylation sites (N-methyl/N-ethyl adjacent to an activating group) is 1. The fourth-order valence-corrected chi connectivity index (χ4v) is 4.96. The van der Waals surface area contributed by atoms with Gasteiger partial charge in [0, 0.05) is 30.8 Å². The van der Waals surface area contributed by atoms with Gasteiger partial charge in [0.15, 0.2) is 0 Å². The van der Waals surface area contributed by atoms with Crippen molar-refractivity contribution >= 4 is 17.7 Å². The van der Waals surface area contributed by atoms with Crippen LogP contribution in [0, 0.1) is 17.3 Å². The van der Waals surface area contributed by atoms with E-state index in [1.165, 1.54) is 42.6 Å². The first-order valence-corrected chi connectivity index (χ1v) is 15.3. The molecule has 0 saturated heterocycles. The second kappa shape index (κ2) is 17.6. The van der Waals surface area contributed by atoms with Crippen molar-refractivity contribution in [3.8, 4) is 28.7 Å². The number of hydroxylamine groups is 2. The Morgan fingerprint density at radius 2 is 1.38 bits per heavy atom. The number of amides is 3. The summed E-state index contributed by atoms with van der Waals surface area (Å²) in [6.07, 6.45) is -1.69. The molecule has 2 aromatic carbocycles. The van der Waals surface area contributed by atoms with E-state index >= 15 is 0 Å². The van der Waals surface area contributed by atoms with Crippen molar-refractivity contribution in [3.63, 3.8) is 0 Å². The topological polar surface area (TPSA) is 154 Å². The molecular weight excluding hydrogens is 610 g/mol. The monoisotopic (exact) mass is 661 g/mol. The Morgan fingerprint density at radius 1 is 0.830 bits per heavy atom. The quantitative estimate of drug-likeness (QED) is 0.215. The van der Waals surface area contributed by atoms with Crippen LogP contribution in [0.25, 0.3) is 0 Å². The fraction of sp³-hybridized carbons (Fsp3) is 0.559. The maximum Gasteiger partial charge on any atom is 0.276 e. The fourth-order valence-electron chi connectivity index (χ4n) is 4.96. The maximum absolute atomic E-state index is 14.2. The Morgan fingerprint density at radius 3 is 1.85 bits per heavy atom. The Labute approximate surface area is 277 Å². The lowest BCUT2D eigenvalue weighted by Crippen LogP contribution is -2.56. The highest BCUT2D eigenvalue weighted by Gasteiger charge is 2.40. The number of methoxy groups -OCH3 is 5. The third-order valence-electron chi connectivity index (χ3n) is 7.59. The summed E-state index contributed by atoms with van der Waals surface area (Å²) in [4.78, 5) is 46.7. The average molecular weight is 662 g/mol. The predicted molar refractivity (Wildman–Crippen MR) is 175 cm³/mol. The van der Waals surface area contributed by atoms with Crippen LogP contribution in [0.15, 0.2) is 30.3 Å².